The van der Waals surface area contributed by atoms with E-state index in [0.29, 0.717) is 17.6 Å². The lowest BCUT2D eigenvalue weighted by molar-refractivity contribution is 0.275. The summed E-state index contributed by atoms with van der Waals surface area (Å²) in [7, 11) is 0. The maximum Gasteiger partial charge on any atom is 0.240 e. The Labute approximate surface area is 118 Å². The van der Waals surface area contributed by atoms with Gasteiger partial charge < -0.3 is 9.73 Å². The first-order valence-electron chi connectivity index (χ1n) is 7.38. The SMILES string of the molecule is CC1CCCCC1NCCn1nnc(-c2ccco2)n1. The molecule has 108 valence electrons. The summed E-state index contributed by atoms with van der Waals surface area (Å²) in [6.07, 6.45) is 6.94. The summed E-state index contributed by atoms with van der Waals surface area (Å²) in [4.78, 5) is 1.62. The van der Waals surface area contributed by atoms with Gasteiger partial charge in [-0.1, -0.05) is 19.8 Å². The Kier molecular flexibility index (Phi) is 4.11. The Hall–Kier alpha value is -1.69. The van der Waals surface area contributed by atoms with Crippen LogP contribution in [0.4, 0.5) is 0 Å². The third-order valence-corrected chi connectivity index (χ3v) is 4.02. The minimum absolute atomic E-state index is 0.543. The highest BCUT2D eigenvalue weighted by molar-refractivity contribution is 5.43. The average Bonchev–Trinajstić information content (AvgIpc) is 3.11. The van der Waals surface area contributed by atoms with Crippen molar-refractivity contribution in [2.45, 2.75) is 45.2 Å². The molecule has 1 N–H and O–H groups in total. The second kappa shape index (κ2) is 6.17. The third kappa shape index (κ3) is 3.07. The molecule has 1 aliphatic carbocycles. The molecule has 0 bridgehead atoms. The van der Waals surface area contributed by atoms with Crippen molar-refractivity contribution in [2.24, 2.45) is 5.92 Å². The van der Waals surface area contributed by atoms with E-state index < -0.39 is 0 Å². The van der Waals surface area contributed by atoms with Gasteiger partial charge in [0.25, 0.3) is 0 Å². The van der Waals surface area contributed by atoms with Crippen LogP contribution in [0, 0.1) is 5.92 Å². The molecule has 6 heteroatoms. The molecule has 2 aromatic rings. The van der Waals surface area contributed by atoms with Crippen molar-refractivity contribution in [2.75, 3.05) is 6.54 Å². The highest BCUT2D eigenvalue weighted by Gasteiger charge is 2.20. The van der Waals surface area contributed by atoms with Crippen LogP contribution >= 0.6 is 0 Å². The molecular weight excluding hydrogens is 254 g/mol. The molecule has 1 aliphatic rings. The van der Waals surface area contributed by atoms with Gasteiger partial charge in [0.2, 0.25) is 5.82 Å². The van der Waals surface area contributed by atoms with E-state index in [1.54, 1.807) is 11.1 Å². The first-order chi connectivity index (χ1) is 9.83. The fourth-order valence-corrected chi connectivity index (χ4v) is 2.81. The fourth-order valence-electron chi connectivity index (χ4n) is 2.81. The van der Waals surface area contributed by atoms with Crippen molar-refractivity contribution in [1.82, 2.24) is 25.5 Å². The van der Waals surface area contributed by atoms with Gasteiger partial charge in [-0.05, 0) is 36.1 Å². The zero-order valence-electron chi connectivity index (χ0n) is 11.8. The zero-order valence-corrected chi connectivity index (χ0v) is 11.8. The highest BCUT2D eigenvalue weighted by atomic mass is 16.3. The lowest BCUT2D eigenvalue weighted by Crippen LogP contribution is -2.39. The second-order valence-electron chi connectivity index (χ2n) is 5.51. The van der Waals surface area contributed by atoms with E-state index in [4.69, 9.17) is 4.42 Å². The van der Waals surface area contributed by atoms with Gasteiger partial charge in [-0.3, -0.25) is 0 Å². The zero-order chi connectivity index (χ0) is 13.8. The number of hydrogen-bond acceptors (Lipinski definition) is 5. The number of nitrogens with one attached hydrogen (secondary N) is 1. The molecule has 2 aromatic heterocycles. The van der Waals surface area contributed by atoms with Crippen LogP contribution in [0.15, 0.2) is 22.8 Å². The predicted octanol–water partition coefficient (Wildman–Crippen LogP) is 2.10. The van der Waals surface area contributed by atoms with E-state index in [1.165, 1.54) is 25.7 Å². The minimum Gasteiger partial charge on any atom is -0.461 e. The molecule has 3 rings (SSSR count). The predicted molar refractivity (Wildman–Crippen MR) is 74.9 cm³/mol. The van der Waals surface area contributed by atoms with E-state index >= 15 is 0 Å². The van der Waals surface area contributed by atoms with E-state index in [0.717, 1.165) is 19.0 Å². The molecule has 20 heavy (non-hydrogen) atoms. The summed E-state index contributed by atoms with van der Waals surface area (Å²) >= 11 is 0. The number of furan rings is 1. The van der Waals surface area contributed by atoms with Crippen molar-refractivity contribution in [1.29, 1.82) is 0 Å². The van der Waals surface area contributed by atoms with Crippen molar-refractivity contribution in [3.8, 4) is 11.6 Å². The first kappa shape index (κ1) is 13.3. The molecule has 0 amide bonds. The van der Waals surface area contributed by atoms with Gasteiger partial charge in [-0.2, -0.15) is 4.80 Å². The van der Waals surface area contributed by atoms with E-state index in [2.05, 4.69) is 27.7 Å². The molecular formula is C14H21N5O. The van der Waals surface area contributed by atoms with Crippen molar-refractivity contribution in [3.63, 3.8) is 0 Å². The number of rotatable bonds is 5. The maximum absolute atomic E-state index is 5.25. The molecule has 1 fully saturated rings. The van der Waals surface area contributed by atoms with Crippen molar-refractivity contribution >= 4 is 0 Å². The largest absolute Gasteiger partial charge is 0.461 e. The number of tetrazole rings is 1. The van der Waals surface area contributed by atoms with E-state index in [-0.39, 0.29) is 0 Å². The lowest BCUT2D eigenvalue weighted by atomic mass is 9.86. The van der Waals surface area contributed by atoms with Crippen LogP contribution in [0.1, 0.15) is 32.6 Å². The summed E-state index contributed by atoms with van der Waals surface area (Å²) < 4.78 is 5.25. The molecule has 0 aromatic carbocycles. The van der Waals surface area contributed by atoms with Crippen LogP contribution in [-0.4, -0.2) is 32.8 Å². The molecule has 2 heterocycles. The normalized spacial score (nSPS) is 23.1. The molecule has 0 saturated heterocycles. The Morgan fingerprint density at radius 1 is 1.40 bits per heavy atom. The molecule has 6 nitrogen and oxygen atoms in total. The van der Waals surface area contributed by atoms with E-state index in [9.17, 15) is 0 Å². The molecule has 2 unspecified atom stereocenters. The molecule has 0 spiro atoms. The van der Waals surface area contributed by atoms with Gasteiger partial charge >= 0.3 is 0 Å². The molecule has 2 atom stereocenters. The quantitative estimate of drug-likeness (QED) is 0.905. The highest BCUT2D eigenvalue weighted by Crippen LogP contribution is 2.23. The minimum atomic E-state index is 0.543. The monoisotopic (exact) mass is 275 g/mol. The van der Waals surface area contributed by atoms with Gasteiger partial charge in [0.1, 0.15) is 0 Å². The number of nitrogens with zero attached hydrogens (tertiary/aromatic N) is 4. The first-order valence-corrected chi connectivity index (χ1v) is 7.38. The Bertz CT molecular complexity index is 521. The molecule has 0 aliphatic heterocycles. The van der Waals surface area contributed by atoms with E-state index in [1.807, 2.05) is 12.1 Å². The van der Waals surface area contributed by atoms with Gasteiger partial charge in [0, 0.05) is 12.6 Å². The maximum atomic E-state index is 5.25. The Morgan fingerprint density at radius 2 is 2.30 bits per heavy atom. The van der Waals surface area contributed by atoms with Gasteiger partial charge in [0.15, 0.2) is 5.76 Å². The average molecular weight is 275 g/mol. The fraction of sp³-hybridized carbons (Fsp3) is 0.643. The number of hydrogen-bond donors (Lipinski definition) is 1. The molecule has 1 saturated carbocycles. The lowest BCUT2D eigenvalue weighted by Gasteiger charge is -2.29. The van der Waals surface area contributed by atoms with Crippen LogP contribution in [0.3, 0.4) is 0 Å². The van der Waals surface area contributed by atoms with Gasteiger partial charge in [0.05, 0.1) is 12.8 Å². The van der Waals surface area contributed by atoms with Gasteiger partial charge in [-0.25, -0.2) is 0 Å². The summed E-state index contributed by atoms with van der Waals surface area (Å²) in [6.45, 7) is 3.94. The van der Waals surface area contributed by atoms with Crippen LogP contribution in [0.25, 0.3) is 11.6 Å². The van der Waals surface area contributed by atoms with Crippen LogP contribution in [-0.2, 0) is 6.54 Å². The smallest absolute Gasteiger partial charge is 0.240 e. The summed E-state index contributed by atoms with van der Waals surface area (Å²) in [6, 6.07) is 4.29. The standard InChI is InChI=1S/C14H21N5O/c1-11-5-2-3-6-12(11)15-8-9-19-17-14(16-18-19)13-7-4-10-20-13/h4,7,10-12,15H,2-3,5-6,8-9H2,1H3. The van der Waals surface area contributed by atoms with Crippen molar-refractivity contribution in [3.05, 3.63) is 18.4 Å². The van der Waals surface area contributed by atoms with Crippen LogP contribution in [0.2, 0.25) is 0 Å². The summed E-state index contributed by atoms with van der Waals surface area (Å²) in [5, 5.41) is 16.0. The Balaban J connectivity index is 1.49. The Morgan fingerprint density at radius 3 is 3.10 bits per heavy atom. The topological polar surface area (TPSA) is 68.8 Å². The number of aromatic nitrogens is 4. The third-order valence-electron chi connectivity index (χ3n) is 4.02. The van der Waals surface area contributed by atoms with Crippen LogP contribution in [0.5, 0.6) is 0 Å². The second-order valence-corrected chi connectivity index (χ2v) is 5.51. The molecule has 0 radical (unpaired) electrons. The van der Waals surface area contributed by atoms with Crippen LogP contribution < -0.4 is 5.32 Å². The summed E-state index contributed by atoms with van der Waals surface area (Å²) in [5.41, 5.74) is 0. The van der Waals surface area contributed by atoms with Gasteiger partial charge in [-0.15, -0.1) is 10.2 Å². The van der Waals surface area contributed by atoms with Crippen molar-refractivity contribution < 1.29 is 4.42 Å². The summed E-state index contributed by atoms with van der Waals surface area (Å²) in [5.74, 6) is 1.97.